The second kappa shape index (κ2) is 4.01. The number of thiol groups is 1. The van der Waals surface area contributed by atoms with Gasteiger partial charge in [0.1, 0.15) is 0 Å². The predicted octanol–water partition coefficient (Wildman–Crippen LogP) is 1.92. The number of carbonyl (C=O) groups is 1. The van der Waals surface area contributed by atoms with Gasteiger partial charge in [0.25, 0.3) is 0 Å². The summed E-state index contributed by atoms with van der Waals surface area (Å²) in [6.07, 6.45) is 0.496. The third kappa shape index (κ3) is 1.89. The number of nitrogens with two attached hydrogens (primary N) is 1. The van der Waals surface area contributed by atoms with Crippen molar-refractivity contribution < 1.29 is 4.79 Å². The van der Waals surface area contributed by atoms with Crippen molar-refractivity contribution in [2.24, 2.45) is 0 Å². The lowest BCUT2D eigenvalue weighted by Crippen LogP contribution is -2.26. The lowest BCUT2D eigenvalue weighted by atomic mass is 10.1. The maximum Gasteiger partial charge on any atom is 0.228 e. The van der Waals surface area contributed by atoms with Gasteiger partial charge in [0.2, 0.25) is 5.91 Å². The van der Waals surface area contributed by atoms with Gasteiger partial charge >= 0.3 is 0 Å². The van der Waals surface area contributed by atoms with E-state index in [0.29, 0.717) is 18.7 Å². The Balaban J connectivity index is 2.44. The Kier molecular flexibility index (Phi) is 2.84. The van der Waals surface area contributed by atoms with Gasteiger partial charge in [-0.3, -0.25) is 4.79 Å². The van der Waals surface area contributed by atoms with Crippen LogP contribution >= 0.6 is 12.6 Å². The van der Waals surface area contributed by atoms with Crippen LogP contribution in [0.25, 0.3) is 0 Å². The van der Waals surface area contributed by atoms with Crippen LogP contribution in [0.5, 0.6) is 0 Å². The summed E-state index contributed by atoms with van der Waals surface area (Å²) in [5.41, 5.74) is 9.69. The molecular weight excluding hydrogens is 220 g/mol. The highest BCUT2D eigenvalue weighted by Crippen LogP contribution is 2.33. The average molecular weight is 236 g/mol. The van der Waals surface area contributed by atoms with E-state index in [0.717, 1.165) is 16.8 Å². The number of hydrogen-bond donors (Lipinski definition) is 2. The number of anilines is 2. The molecule has 0 saturated carbocycles. The summed E-state index contributed by atoms with van der Waals surface area (Å²) < 4.78 is 0. The molecule has 86 valence electrons. The van der Waals surface area contributed by atoms with Crippen molar-refractivity contribution in [3.8, 4) is 0 Å². The smallest absolute Gasteiger partial charge is 0.228 e. The molecule has 1 atom stereocenters. The Morgan fingerprint density at radius 2 is 2.12 bits per heavy atom. The highest BCUT2D eigenvalue weighted by Gasteiger charge is 2.30. The van der Waals surface area contributed by atoms with Crippen molar-refractivity contribution in [2.45, 2.75) is 25.5 Å². The number of nitrogens with zero attached hydrogens (tertiary/aromatic N) is 1. The normalized spacial score (nSPS) is 20.6. The van der Waals surface area contributed by atoms with Crippen LogP contribution in [0.4, 0.5) is 11.4 Å². The van der Waals surface area contributed by atoms with E-state index in [4.69, 9.17) is 5.73 Å². The zero-order valence-corrected chi connectivity index (χ0v) is 10.4. The van der Waals surface area contributed by atoms with Gasteiger partial charge < -0.3 is 10.6 Å². The maximum atomic E-state index is 11.8. The van der Waals surface area contributed by atoms with Crippen LogP contribution in [-0.2, 0) is 4.79 Å². The zero-order chi connectivity index (χ0) is 11.9. The minimum Gasteiger partial charge on any atom is -0.397 e. The molecule has 1 aromatic carbocycles. The van der Waals surface area contributed by atoms with E-state index in [9.17, 15) is 4.79 Å². The molecule has 1 unspecified atom stereocenters. The van der Waals surface area contributed by atoms with Gasteiger partial charge in [-0.05, 0) is 31.0 Å². The van der Waals surface area contributed by atoms with Crippen LogP contribution in [0.2, 0.25) is 0 Å². The lowest BCUT2D eigenvalue weighted by Gasteiger charge is -2.21. The third-order valence-corrected chi connectivity index (χ3v) is 3.19. The van der Waals surface area contributed by atoms with Crippen molar-refractivity contribution in [3.05, 3.63) is 23.3 Å². The van der Waals surface area contributed by atoms with Gasteiger partial charge in [0, 0.05) is 18.2 Å². The molecule has 0 spiro atoms. The molecule has 0 bridgehead atoms. The molecule has 4 heteroatoms. The summed E-state index contributed by atoms with van der Waals surface area (Å²) in [4.78, 5) is 13.5. The number of carbonyl (C=O) groups excluding carboxylic acids is 1. The second-order valence-corrected chi connectivity index (χ2v) is 5.11. The summed E-state index contributed by atoms with van der Waals surface area (Å²) in [6, 6.07) is 3.95. The fraction of sp³-hybridized carbons (Fsp3) is 0.417. The van der Waals surface area contributed by atoms with E-state index >= 15 is 0 Å². The molecule has 1 heterocycles. The van der Waals surface area contributed by atoms with Gasteiger partial charge in [-0.2, -0.15) is 12.6 Å². The lowest BCUT2D eigenvalue weighted by molar-refractivity contribution is -0.117. The van der Waals surface area contributed by atoms with Crippen LogP contribution in [0.1, 0.15) is 17.5 Å². The van der Waals surface area contributed by atoms with Crippen molar-refractivity contribution in [3.63, 3.8) is 0 Å². The van der Waals surface area contributed by atoms with Gasteiger partial charge in [-0.15, -0.1) is 0 Å². The largest absolute Gasteiger partial charge is 0.397 e. The highest BCUT2D eigenvalue weighted by atomic mass is 32.1. The summed E-state index contributed by atoms with van der Waals surface area (Å²) in [5, 5.41) is 0.118. The molecule has 2 rings (SSSR count). The van der Waals surface area contributed by atoms with Crippen molar-refractivity contribution in [1.29, 1.82) is 0 Å². The molecule has 1 aliphatic heterocycles. The fourth-order valence-electron chi connectivity index (χ4n) is 2.27. The van der Waals surface area contributed by atoms with Gasteiger partial charge in [0.05, 0.1) is 11.4 Å². The number of amides is 1. The topological polar surface area (TPSA) is 46.3 Å². The van der Waals surface area contributed by atoms with E-state index in [1.54, 1.807) is 4.90 Å². The number of rotatable bonds is 1. The van der Waals surface area contributed by atoms with Crippen LogP contribution in [0.15, 0.2) is 12.1 Å². The Morgan fingerprint density at radius 1 is 1.44 bits per heavy atom. The first-order chi connectivity index (χ1) is 7.49. The molecule has 1 amide bonds. The highest BCUT2D eigenvalue weighted by molar-refractivity contribution is 7.81. The molecule has 2 N–H and O–H groups in total. The molecule has 0 aliphatic carbocycles. The van der Waals surface area contributed by atoms with Gasteiger partial charge in [0.15, 0.2) is 0 Å². The summed E-state index contributed by atoms with van der Waals surface area (Å²) >= 11 is 4.35. The van der Waals surface area contributed by atoms with Crippen molar-refractivity contribution in [2.75, 3.05) is 17.2 Å². The molecule has 0 radical (unpaired) electrons. The number of benzene rings is 1. The van der Waals surface area contributed by atoms with E-state index < -0.39 is 0 Å². The standard InChI is InChI=1S/C12H16N2OS/c1-7-3-8(2)12(10(13)4-7)14-6-9(16)5-11(14)15/h3-4,9,16H,5-6,13H2,1-2H3. The summed E-state index contributed by atoms with van der Waals surface area (Å²) in [7, 11) is 0. The first-order valence-corrected chi connectivity index (χ1v) is 5.86. The Bertz CT molecular complexity index is 422. The van der Waals surface area contributed by atoms with Crippen LogP contribution in [0.3, 0.4) is 0 Å². The van der Waals surface area contributed by atoms with Crippen LogP contribution in [-0.4, -0.2) is 17.7 Å². The minimum atomic E-state index is 0.110. The number of aryl methyl sites for hydroxylation is 2. The molecule has 0 aromatic heterocycles. The molecule has 3 nitrogen and oxygen atoms in total. The van der Waals surface area contributed by atoms with Crippen LogP contribution in [0, 0.1) is 13.8 Å². The molecule has 16 heavy (non-hydrogen) atoms. The molecule has 1 aliphatic rings. The summed E-state index contributed by atoms with van der Waals surface area (Å²) in [6.45, 7) is 4.63. The summed E-state index contributed by atoms with van der Waals surface area (Å²) in [5.74, 6) is 0.110. The van der Waals surface area contributed by atoms with E-state index in [1.807, 2.05) is 26.0 Å². The van der Waals surface area contributed by atoms with E-state index in [2.05, 4.69) is 12.6 Å². The first kappa shape index (κ1) is 11.3. The van der Waals surface area contributed by atoms with Crippen LogP contribution < -0.4 is 10.6 Å². The second-order valence-electron chi connectivity index (χ2n) is 4.38. The van der Waals surface area contributed by atoms with E-state index in [1.165, 1.54) is 0 Å². The zero-order valence-electron chi connectivity index (χ0n) is 9.53. The quantitative estimate of drug-likeness (QED) is 0.578. The predicted molar refractivity (Wildman–Crippen MR) is 70.1 cm³/mol. The average Bonchev–Trinajstić information content (AvgIpc) is 2.43. The van der Waals surface area contributed by atoms with E-state index in [-0.39, 0.29) is 11.2 Å². The molecular formula is C12H16N2OS. The Labute approximate surface area is 101 Å². The molecule has 1 aromatic rings. The number of nitrogen functional groups attached to an aromatic ring is 1. The molecule has 1 fully saturated rings. The third-order valence-electron chi connectivity index (χ3n) is 2.85. The monoisotopic (exact) mass is 236 g/mol. The van der Waals surface area contributed by atoms with Crippen molar-refractivity contribution in [1.82, 2.24) is 0 Å². The number of hydrogen-bond acceptors (Lipinski definition) is 3. The van der Waals surface area contributed by atoms with Crippen molar-refractivity contribution >= 4 is 29.9 Å². The fourth-order valence-corrected chi connectivity index (χ4v) is 2.59. The Morgan fingerprint density at radius 3 is 2.62 bits per heavy atom. The van der Waals surface area contributed by atoms with Gasteiger partial charge in [-0.1, -0.05) is 6.07 Å². The van der Waals surface area contributed by atoms with Gasteiger partial charge in [-0.25, -0.2) is 0 Å². The SMILES string of the molecule is Cc1cc(C)c(N2CC(S)CC2=O)c(N)c1. The maximum absolute atomic E-state index is 11.8. The molecule has 1 saturated heterocycles. The minimum absolute atomic E-state index is 0.110. The first-order valence-electron chi connectivity index (χ1n) is 5.34. The Hall–Kier alpha value is -1.16.